The second-order valence-electron chi connectivity index (χ2n) is 9.64. The topological polar surface area (TPSA) is 12.9 Å². The lowest BCUT2D eigenvalue weighted by molar-refractivity contribution is -0.00707. The summed E-state index contributed by atoms with van der Waals surface area (Å²) in [4.78, 5) is 5.39. The summed E-state index contributed by atoms with van der Waals surface area (Å²) in [6, 6.07) is 20.2. The summed E-state index contributed by atoms with van der Waals surface area (Å²) in [5, 5.41) is 2.64. The molecule has 7 rings (SSSR count). The molecule has 0 saturated heterocycles. The van der Waals surface area contributed by atoms with Gasteiger partial charge in [0.1, 0.15) is 0 Å². The van der Waals surface area contributed by atoms with Crippen molar-refractivity contribution in [2.45, 2.75) is 50.9 Å². The SMILES string of the molecule is Cc1ccc(-c2nc(C34CC5CC(CC(C5)C3)C4)cc3ccccc23)cc1. The molecule has 1 nitrogen and oxygen atoms in total. The number of hydrogen-bond donors (Lipinski definition) is 0. The Morgan fingerprint density at radius 3 is 2.11 bits per heavy atom. The Morgan fingerprint density at radius 1 is 0.815 bits per heavy atom. The van der Waals surface area contributed by atoms with Crippen LogP contribution in [0, 0.1) is 24.7 Å². The number of nitrogens with zero attached hydrogens (tertiary/aromatic N) is 1. The smallest absolute Gasteiger partial charge is 0.0783 e. The van der Waals surface area contributed by atoms with Gasteiger partial charge in [0.15, 0.2) is 0 Å². The van der Waals surface area contributed by atoms with Gasteiger partial charge in [-0.25, -0.2) is 0 Å². The standard InChI is InChI=1S/C26H27N/c1-17-6-8-21(9-7-17)25-23-5-3-2-4-22(23)13-24(27-25)26-14-18-10-19(15-26)12-20(11-18)16-26/h2-9,13,18-20H,10-12,14-16H2,1H3. The molecule has 3 aromatic rings. The summed E-state index contributed by atoms with van der Waals surface area (Å²) in [6.07, 6.45) is 8.57. The van der Waals surface area contributed by atoms with Gasteiger partial charge in [-0.2, -0.15) is 0 Å². The molecule has 4 fully saturated rings. The van der Waals surface area contributed by atoms with Crippen molar-refractivity contribution in [3.05, 3.63) is 65.9 Å². The van der Waals surface area contributed by atoms with Crippen molar-refractivity contribution in [1.29, 1.82) is 0 Å². The van der Waals surface area contributed by atoms with Gasteiger partial charge in [0.25, 0.3) is 0 Å². The van der Waals surface area contributed by atoms with Crippen LogP contribution in [0.1, 0.15) is 49.8 Å². The number of fused-ring (bicyclic) bond motifs is 1. The van der Waals surface area contributed by atoms with Crippen LogP contribution < -0.4 is 0 Å². The van der Waals surface area contributed by atoms with Gasteiger partial charge in [-0.1, -0.05) is 54.1 Å². The minimum atomic E-state index is 0.345. The van der Waals surface area contributed by atoms with Crippen LogP contribution in [0.25, 0.3) is 22.0 Å². The molecule has 0 unspecified atom stereocenters. The van der Waals surface area contributed by atoms with E-state index in [2.05, 4.69) is 61.5 Å². The molecule has 0 radical (unpaired) electrons. The minimum absolute atomic E-state index is 0.345. The van der Waals surface area contributed by atoms with Crippen molar-refractivity contribution in [3.8, 4) is 11.3 Å². The van der Waals surface area contributed by atoms with Gasteiger partial charge >= 0.3 is 0 Å². The first-order valence-electron chi connectivity index (χ1n) is 10.7. The highest BCUT2D eigenvalue weighted by atomic mass is 14.8. The Labute approximate surface area is 161 Å². The van der Waals surface area contributed by atoms with Gasteiger partial charge in [-0.05, 0) is 74.7 Å². The Morgan fingerprint density at radius 2 is 1.44 bits per heavy atom. The summed E-state index contributed by atoms with van der Waals surface area (Å²) in [7, 11) is 0. The van der Waals surface area contributed by atoms with E-state index >= 15 is 0 Å². The van der Waals surface area contributed by atoms with Crippen molar-refractivity contribution in [1.82, 2.24) is 4.98 Å². The predicted octanol–water partition coefficient (Wildman–Crippen LogP) is 6.68. The van der Waals surface area contributed by atoms with E-state index in [0.717, 1.165) is 17.8 Å². The van der Waals surface area contributed by atoms with Crippen LogP contribution in [0.2, 0.25) is 0 Å². The number of aryl methyl sites for hydroxylation is 1. The highest BCUT2D eigenvalue weighted by molar-refractivity contribution is 5.95. The third kappa shape index (κ3) is 2.47. The average Bonchev–Trinajstić information content (AvgIpc) is 2.67. The van der Waals surface area contributed by atoms with Gasteiger partial charge in [-0.3, -0.25) is 4.98 Å². The maximum atomic E-state index is 5.39. The summed E-state index contributed by atoms with van der Waals surface area (Å²) in [5.74, 6) is 2.85. The monoisotopic (exact) mass is 353 g/mol. The molecule has 1 aromatic heterocycles. The van der Waals surface area contributed by atoms with Gasteiger partial charge < -0.3 is 0 Å². The van der Waals surface area contributed by atoms with Crippen LogP contribution in [0.15, 0.2) is 54.6 Å². The van der Waals surface area contributed by atoms with E-state index in [9.17, 15) is 0 Å². The molecule has 1 heteroatoms. The van der Waals surface area contributed by atoms with Crippen LogP contribution in [0.4, 0.5) is 0 Å². The summed E-state index contributed by atoms with van der Waals surface area (Å²) in [6.45, 7) is 2.15. The largest absolute Gasteiger partial charge is 0.252 e. The predicted molar refractivity (Wildman–Crippen MR) is 112 cm³/mol. The molecule has 4 aliphatic carbocycles. The number of aromatic nitrogens is 1. The molecule has 0 amide bonds. The van der Waals surface area contributed by atoms with Crippen LogP contribution >= 0.6 is 0 Å². The lowest BCUT2D eigenvalue weighted by Crippen LogP contribution is -2.49. The van der Waals surface area contributed by atoms with Crippen molar-refractivity contribution in [2.24, 2.45) is 17.8 Å². The van der Waals surface area contributed by atoms with Gasteiger partial charge in [-0.15, -0.1) is 0 Å². The van der Waals surface area contributed by atoms with Crippen LogP contribution in [0.5, 0.6) is 0 Å². The van der Waals surface area contributed by atoms with Gasteiger partial charge in [0.05, 0.1) is 5.69 Å². The number of benzene rings is 2. The Hall–Kier alpha value is -2.15. The molecule has 0 spiro atoms. The molecule has 4 bridgehead atoms. The lowest BCUT2D eigenvalue weighted by atomic mass is 9.48. The maximum Gasteiger partial charge on any atom is 0.0783 e. The molecule has 27 heavy (non-hydrogen) atoms. The molecule has 0 aliphatic heterocycles. The van der Waals surface area contributed by atoms with E-state index < -0.39 is 0 Å². The van der Waals surface area contributed by atoms with E-state index in [1.54, 1.807) is 0 Å². The zero-order valence-electron chi connectivity index (χ0n) is 16.1. The van der Waals surface area contributed by atoms with Gasteiger partial charge in [0, 0.05) is 22.1 Å². The molecule has 136 valence electrons. The number of rotatable bonds is 2. The first kappa shape index (κ1) is 15.9. The highest BCUT2D eigenvalue weighted by Crippen LogP contribution is 2.60. The third-order valence-corrected chi connectivity index (χ3v) is 7.65. The normalized spacial score (nSPS) is 31.5. The van der Waals surface area contributed by atoms with E-state index in [0.29, 0.717) is 5.41 Å². The second-order valence-corrected chi connectivity index (χ2v) is 9.64. The van der Waals surface area contributed by atoms with E-state index in [4.69, 9.17) is 4.98 Å². The van der Waals surface area contributed by atoms with E-state index in [1.807, 2.05) is 0 Å². The molecule has 2 aromatic carbocycles. The fourth-order valence-corrected chi connectivity index (χ4v) is 6.83. The minimum Gasteiger partial charge on any atom is -0.252 e. The second kappa shape index (κ2) is 5.67. The number of hydrogen-bond acceptors (Lipinski definition) is 1. The fraction of sp³-hybridized carbons (Fsp3) is 0.423. The fourth-order valence-electron chi connectivity index (χ4n) is 6.83. The van der Waals surface area contributed by atoms with Crippen LogP contribution in [-0.4, -0.2) is 4.98 Å². The summed E-state index contributed by atoms with van der Waals surface area (Å²) >= 11 is 0. The lowest BCUT2D eigenvalue weighted by Gasteiger charge is -2.56. The molecule has 0 N–H and O–H groups in total. The van der Waals surface area contributed by atoms with E-state index in [-0.39, 0.29) is 0 Å². The molecule has 4 saturated carbocycles. The maximum absolute atomic E-state index is 5.39. The van der Waals surface area contributed by atoms with E-state index in [1.165, 1.54) is 71.8 Å². The average molecular weight is 354 g/mol. The van der Waals surface area contributed by atoms with Crippen molar-refractivity contribution < 1.29 is 0 Å². The Balaban J connectivity index is 1.55. The zero-order valence-corrected chi connectivity index (χ0v) is 16.1. The molecule has 0 atom stereocenters. The first-order chi connectivity index (χ1) is 13.2. The quantitative estimate of drug-likeness (QED) is 0.501. The molecular weight excluding hydrogens is 326 g/mol. The highest BCUT2D eigenvalue weighted by Gasteiger charge is 2.52. The van der Waals surface area contributed by atoms with Crippen molar-refractivity contribution >= 4 is 10.8 Å². The number of pyridine rings is 1. The summed E-state index contributed by atoms with van der Waals surface area (Å²) in [5.41, 5.74) is 5.47. The first-order valence-corrected chi connectivity index (χ1v) is 10.7. The van der Waals surface area contributed by atoms with Crippen LogP contribution in [-0.2, 0) is 5.41 Å². The van der Waals surface area contributed by atoms with Gasteiger partial charge in [0.2, 0.25) is 0 Å². The van der Waals surface area contributed by atoms with Crippen molar-refractivity contribution in [3.63, 3.8) is 0 Å². The van der Waals surface area contributed by atoms with Crippen molar-refractivity contribution in [2.75, 3.05) is 0 Å². The zero-order chi connectivity index (χ0) is 18.0. The molecular formula is C26H27N. The third-order valence-electron chi connectivity index (χ3n) is 7.65. The van der Waals surface area contributed by atoms with Crippen LogP contribution in [0.3, 0.4) is 0 Å². The Bertz CT molecular complexity index is 979. The Kier molecular flexibility index (Phi) is 3.33. The molecule has 1 heterocycles. The molecule has 4 aliphatic rings. The summed E-state index contributed by atoms with van der Waals surface area (Å²) < 4.78 is 0.